The van der Waals surface area contributed by atoms with E-state index in [1.165, 1.54) is 17.0 Å². The Morgan fingerprint density at radius 2 is 2.29 bits per heavy atom. The minimum absolute atomic E-state index is 0.0360. The van der Waals surface area contributed by atoms with Crippen molar-refractivity contribution in [2.75, 3.05) is 0 Å². The summed E-state index contributed by atoms with van der Waals surface area (Å²) in [5.41, 5.74) is 0.652. The summed E-state index contributed by atoms with van der Waals surface area (Å²) in [4.78, 5) is 16.2. The fraction of sp³-hybridized carbons (Fsp3) is 0.357. The highest BCUT2D eigenvalue weighted by Crippen LogP contribution is 2.25. The van der Waals surface area contributed by atoms with Gasteiger partial charge in [-0.1, -0.05) is 18.5 Å². The van der Waals surface area contributed by atoms with E-state index in [2.05, 4.69) is 17.2 Å². The Hall–Kier alpha value is -1.50. The van der Waals surface area contributed by atoms with Gasteiger partial charge in [-0.2, -0.15) is 0 Å². The predicted molar refractivity (Wildman–Crippen MR) is 84.9 cm³/mol. The molecule has 0 saturated carbocycles. The zero-order chi connectivity index (χ0) is 15.4. The number of hydrogen-bond acceptors (Lipinski definition) is 5. The average Bonchev–Trinajstić information content (AvgIpc) is 2.93. The molecule has 2 aromatic rings. The lowest BCUT2D eigenvalue weighted by molar-refractivity contribution is -0.385. The first-order valence-corrected chi connectivity index (χ1v) is 7.81. The molecular formula is C14H16ClN3O2S. The summed E-state index contributed by atoms with van der Waals surface area (Å²) < 4.78 is 0. The molecule has 7 heteroatoms. The lowest BCUT2D eigenvalue weighted by Crippen LogP contribution is -2.18. The number of halogens is 1. The first kappa shape index (κ1) is 15.9. The van der Waals surface area contributed by atoms with Gasteiger partial charge in [0.25, 0.3) is 5.69 Å². The molecule has 1 aromatic heterocycles. The highest BCUT2D eigenvalue weighted by Gasteiger charge is 2.16. The molecule has 0 bridgehead atoms. The highest BCUT2D eigenvalue weighted by molar-refractivity contribution is 7.11. The van der Waals surface area contributed by atoms with Crippen LogP contribution in [0.15, 0.2) is 24.4 Å². The lowest BCUT2D eigenvalue weighted by Gasteiger charge is -2.11. The second-order valence-electron chi connectivity index (χ2n) is 4.65. The third-order valence-corrected chi connectivity index (χ3v) is 4.69. The molecular weight excluding hydrogens is 310 g/mol. The van der Waals surface area contributed by atoms with Gasteiger partial charge in [0.15, 0.2) is 0 Å². The topological polar surface area (TPSA) is 68.1 Å². The number of aromatic nitrogens is 1. The molecule has 0 aliphatic carbocycles. The van der Waals surface area contributed by atoms with Crippen molar-refractivity contribution in [2.45, 2.75) is 32.9 Å². The monoisotopic (exact) mass is 325 g/mol. The number of nitrogens with zero attached hydrogens (tertiary/aromatic N) is 2. The van der Waals surface area contributed by atoms with Crippen LogP contribution in [0.25, 0.3) is 0 Å². The maximum absolute atomic E-state index is 11.0. The van der Waals surface area contributed by atoms with Crippen molar-refractivity contribution in [3.05, 3.63) is 55.0 Å². The van der Waals surface area contributed by atoms with Gasteiger partial charge >= 0.3 is 0 Å². The van der Waals surface area contributed by atoms with Gasteiger partial charge in [0.1, 0.15) is 5.01 Å². The van der Waals surface area contributed by atoms with Gasteiger partial charge in [-0.05, 0) is 25.5 Å². The van der Waals surface area contributed by atoms with Crippen molar-refractivity contribution in [3.63, 3.8) is 0 Å². The summed E-state index contributed by atoms with van der Waals surface area (Å²) >= 11 is 7.57. The van der Waals surface area contributed by atoms with Gasteiger partial charge in [-0.3, -0.25) is 10.1 Å². The van der Waals surface area contributed by atoms with Gasteiger partial charge in [0.05, 0.1) is 11.0 Å². The summed E-state index contributed by atoms with van der Waals surface area (Å²) in [7, 11) is 0. The minimum atomic E-state index is -0.392. The molecule has 1 atom stereocenters. The van der Waals surface area contributed by atoms with E-state index >= 15 is 0 Å². The van der Waals surface area contributed by atoms with Crippen molar-refractivity contribution in [1.29, 1.82) is 0 Å². The third kappa shape index (κ3) is 4.00. The summed E-state index contributed by atoms with van der Waals surface area (Å²) in [6.45, 7) is 4.46. The standard InChI is InChI=1S/C14H16ClN3O2S/c1-3-12-8-17-14(21-12)9(2)16-7-10-6-11(15)4-5-13(10)18(19)20/h4-6,8-9,16H,3,7H2,1-2H3. The molecule has 0 aliphatic heterocycles. The SMILES string of the molecule is CCc1cnc(C(C)NCc2cc(Cl)ccc2[N+](=O)[O-])s1. The zero-order valence-electron chi connectivity index (χ0n) is 11.8. The Bertz CT molecular complexity index is 645. The molecule has 0 saturated heterocycles. The summed E-state index contributed by atoms with van der Waals surface area (Å²) in [6, 6.07) is 4.62. The van der Waals surface area contributed by atoms with E-state index in [0.29, 0.717) is 17.1 Å². The maximum Gasteiger partial charge on any atom is 0.273 e. The predicted octanol–water partition coefficient (Wildman–Crippen LogP) is 4.12. The molecule has 2 rings (SSSR count). The van der Waals surface area contributed by atoms with Gasteiger partial charge in [-0.25, -0.2) is 4.98 Å². The first-order valence-electron chi connectivity index (χ1n) is 6.62. The number of aryl methyl sites for hydroxylation is 1. The lowest BCUT2D eigenvalue weighted by atomic mass is 10.1. The molecule has 0 aliphatic rings. The maximum atomic E-state index is 11.0. The van der Waals surface area contributed by atoms with Crippen molar-refractivity contribution in [1.82, 2.24) is 10.3 Å². The molecule has 0 fully saturated rings. The summed E-state index contributed by atoms with van der Waals surface area (Å²) in [5.74, 6) is 0. The fourth-order valence-electron chi connectivity index (χ4n) is 1.91. The van der Waals surface area contributed by atoms with Crippen LogP contribution in [-0.2, 0) is 13.0 Å². The number of nitro benzene ring substituents is 1. The molecule has 0 spiro atoms. The summed E-state index contributed by atoms with van der Waals surface area (Å²) in [5, 5.41) is 15.8. The third-order valence-electron chi connectivity index (χ3n) is 3.13. The van der Waals surface area contributed by atoms with Crippen LogP contribution in [0.3, 0.4) is 0 Å². The van der Waals surface area contributed by atoms with Crippen LogP contribution in [0.5, 0.6) is 0 Å². The molecule has 1 unspecified atom stereocenters. The van der Waals surface area contributed by atoms with E-state index in [4.69, 9.17) is 11.6 Å². The zero-order valence-corrected chi connectivity index (χ0v) is 13.4. The van der Waals surface area contributed by atoms with Crippen molar-refractivity contribution < 1.29 is 4.92 Å². The molecule has 5 nitrogen and oxygen atoms in total. The van der Waals surface area contributed by atoms with Crippen LogP contribution in [-0.4, -0.2) is 9.91 Å². The van der Waals surface area contributed by atoms with Crippen molar-refractivity contribution in [2.24, 2.45) is 0 Å². The van der Waals surface area contributed by atoms with E-state index in [1.54, 1.807) is 17.4 Å². The minimum Gasteiger partial charge on any atom is -0.304 e. The molecule has 1 aromatic carbocycles. The number of nitrogens with one attached hydrogen (secondary N) is 1. The first-order chi connectivity index (χ1) is 10.0. The van der Waals surface area contributed by atoms with Crippen molar-refractivity contribution in [3.8, 4) is 0 Å². The molecule has 0 radical (unpaired) electrons. The molecule has 112 valence electrons. The summed E-state index contributed by atoms with van der Waals surface area (Å²) in [6.07, 6.45) is 2.84. The number of nitro groups is 1. The number of hydrogen-bond donors (Lipinski definition) is 1. The number of thiazole rings is 1. The quantitative estimate of drug-likeness (QED) is 0.640. The Morgan fingerprint density at radius 3 is 2.90 bits per heavy atom. The number of rotatable bonds is 6. The van der Waals surface area contributed by atoms with E-state index in [1.807, 2.05) is 13.1 Å². The number of benzene rings is 1. The van der Waals surface area contributed by atoms with E-state index in [-0.39, 0.29) is 11.7 Å². The molecule has 1 N–H and O–H groups in total. The van der Waals surface area contributed by atoms with Crippen LogP contribution in [0.1, 0.15) is 35.3 Å². The van der Waals surface area contributed by atoms with Gasteiger partial charge in [0.2, 0.25) is 0 Å². The molecule has 1 heterocycles. The molecule has 0 amide bonds. The largest absolute Gasteiger partial charge is 0.304 e. The van der Waals surface area contributed by atoms with Crippen LogP contribution < -0.4 is 5.32 Å². The van der Waals surface area contributed by atoms with E-state index in [0.717, 1.165) is 11.4 Å². The van der Waals surface area contributed by atoms with Gasteiger partial charge in [-0.15, -0.1) is 11.3 Å². The van der Waals surface area contributed by atoms with E-state index in [9.17, 15) is 10.1 Å². The van der Waals surface area contributed by atoms with Crippen LogP contribution in [0.4, 0.5) is 5.69 Å². The Labute approximate surface area is 132 Å². The second-order valence-corrected chi connectivity index (χ2v) is 6.23. The Kier molecular flexibility index (Phi) is 5.27. The van der Waals surface area contributed by atoms with Crippen LogP contribution in [0.2, 0.25) is 5.02 Å². The van der Waals surface area contributed by atoms with Gasteiger partial charge in [0, 0.05) is 34.3 Å². The normalized spacial score (nSPS) is 12.3. The van der Waals surface area contributed by atoms with Crippen LogP contribution in [0, 0.1) is 10.1 Å². The van der Waals surface area contributed by atoms with E-state index < -0.39 is 4.92 Å². The average molecular weight is 326 g/mol. The fourth-order valence-corrected chi connectivity index (χ4v) is 2.99. The van der Waals surface area contributed by atoms with Crippen molar-refractivity contribution >= 4 is 28.6 Å². The van der Waals surface area contributed by atoms with Crippen LogP contribution >= 0.6 is 22.9 Å². The Balaban J connectivity index is 2.08. The smallest absolute Gasteiger partial charge is 0.273 e. The highest BCUT2D eigenvalue weighted by atomic mass is 35.5. The molecule has 21 heavy (non-hydrogen) atoms. The van der Waals surface area contributed by atoms with Gasteiger partial charge < -0.3 is 5.32 Å². The second kappa shape index (κ2) is 6.98. The Morgan fingerprint density at radius 1 is 1.52 bits per heavy atom.